The Bertz CT molecular complexity index is 1050. The topological polar surface area (TPSA) is 109 Å². The molecule has 0 spiro atoms. The summed E-state index contributed by atoms with van der Waals surface area (Å²) in [6, 6.07) is 13.4. The SMILES string of the molecule is COc1ccc(C#N)cc1NC(=O)c1cccc(NC(=O)CCn2ccnc2)c1. The molecule has 29 heavy (non-hydrogen) atoms. The average Bonchev–Trinajstić information content (AvgIpc) is 3.26. The monoisotopic (exact) mass is 389 g/mol. The maximum Gasteiger partial charge on any atom is 0.255 e. The molecule has 146 valence electrons. The quantitative estimate of drug-likeness (QED) is 0.645. The van der Waals surface area contributed by atoms with Gasteiger partial charge in [0.1, 0.15) is 5.75 Å². The number of benzene rings is 2. The predicted molar refractivity (Wildman–Crippen MR) is 108 cm³/mol. The van der Waals surface area contributed by atoms with Gasteiger partial charge >= 0.3 is 0 Å². The summed E-state index contributed by atoms with van der Waals surface area (Å²) in [4.78, 5) is 28.7. The first kappa shape index (κ1) is 19.6. The molecule has 3 rings (SSSR count). The van der Waals surface area contributed by atoms with E-state index in [1.165, 1.54) is 7.11 Å². The molecular formula is C21H19N5O3. The summed E-state index contributed by atoms with van der Waals surface area (Å²) >= 11 is 0. The highest BCUT2D eigenvalue weighted by Crippen LogP contribution is 2.26. The van der Waals surface area contributed by atoms with E-state index in [4.69, 9.17) is 10.00 Å². The van der Waals surface area contributed by atoms with Gasteiger partial charge in [0.05, 0.1) is 30.8 Å². The van der Waals surface area contributed by atoms with Crippen LogP contribution in [0.2, 0.25) is 0 Å². The molecular weight excluding hydrogens is 370 g/mol. The lowest BCUT2D eigenvalue weighted by molar-refractivity contribution is -0.116. The molecule has 2 amide bonds. The Morgan fingerprint density at radius 3 is 2.79 bits per heavy atom. The second-order valence-corrected chi connectivity index (χ2v) is 6.16. The van der Waals surface area contributed by atoms with Gasteiger partial charge in [0, 0.05) is 36.6 Å². The fraction of sp³-hybridized carbons (Fsp3) is 0.143. The number of carbonyl (C=O) groups is 2. The van der Waals surface area contributed by atoms with Gasteiger partial charge in [0.2, 0.25) is 5.91 Å². The standard InChI is InChI=1S/C21H19N5O3/c1-29-19-6-5-15(13-22)11-18(19)25-21(28)16-3-2-4-17(12-16)24-20(27)7-9-26-10-8-23-14-26/h2-6,8,10-12,14H,7,9H2,1H3,(H,24,27)(H,25,28). The van der Waals surface area contributed by atoms with Gasteiger partial charge in [0.15, 0.2) is 0 Å². The highest BCUT2D eigenvalue weighted by molar-refractivity contribution is 6.06. The molecule has 2 N–H and O–H groups in total. The predicted octanol–water partition coefficient (Wildman–Crippen LogP) is 3.04. The third kappa shape index (κ3) is 5.20. The molecule has 0 fully saturated rings. The average molecular weight is 389 g/mol. The molecule has 0 aliphatic heterocycles. The Morgan fingerprint density at radius 2 is 2.07 bits per heavy atom. The van der Waals surface area contributed by atoms with E-state index in [0.717, 1.165) is 0 Å². The highest BCUT2D eigenvalue weighted by Gasteiger charge is 2.12. The summed E-state index contributed by atoms with van der Waals surface area (Å²) in [5.74, 6) is -0.103. The van der Waals surface area contributed by atoms with Crippen LogP contribution in [0.5, 0.6) is 5.75 Å². The number of nitrogens with one attached hydrogen (secondary N) is 2. The molecule has 0 saturated heterocycles. The molecule has 8 nitrogen and oxygen atoms in total. The molecule has 0 bridgehead atoms. The van der Waals surface area contributed by atoms with Crippen LogP contribution >= 0.6 is 0 Å². The highest BCUT2D eigenvalue weighted by atomic mass is 16.5. The van der Waals surface area contributed by atoms with E-state index >= 15 is 0 Å². The van der Waals surface area contributed by atoms with Crippen molar-refractivity contribution in [1.82, 2.24) is 9.55 Å². The van der Waals surface area contributed by atoms with Gasteiger partial charge in [-0.1, -0.05) is 6.07 Å². The summed E-state index contributed by atoms with van der Waals surface area (Å²) in [7, 11) is 1.48. The van der Waals surface area contributed by atoms with E-state index in [1.807, 2.05) is 10.6 Å². The van der Waals surface area contributed by atoms with Gasteiger partial charge in [-0.05, 0) is 36.4 Å². The molecule has 1 heterocycles. The molecule has 0 unspecified atom stereocenters. The summed E-state index contributed by atoms with van der Waals surface area (Å²) < 4.78 is 7.04. The fourth-order valence-corrected chi connectivity index (χ4v) is 2.68. The first-order valence-corrected chi connectivity index (χ1v) is 8.84. The first-order chi connectivity index (χ1) is 14.1. The van der Waals surface area contributed by atoms with Crippen LogP contribution in [-0.4, -0.2) is 28.5 Å². The third-order valence-corrected chi connectivity index (χ3v) is 4.14. The van der Waals surface area contributed by atoms with Crippen LogP contribution in [-0.2, 0) is 11.3 Å². The lowest BCUT2D eigenvalue weighted by Crippen LogP contribution is -2.16. The van der Waals surface area contributed by atoms with Crippen molar-refractivity contribution in [3.8, 4) is 11.8 Å². The van der Waals surface area contributed by atoms with E-state index in [-0.39, 0.29) is 18.2 Å². The molecule has 0 aliphatic rings. The minimum absolute atomic E-state index is 0.167. The number of carbonyl (C=O) groups excluding carboxylic acids is 2. The largest absolute Gasteiger partial charge is 0.495 e. The Hall–Kier alpha value is -4.12. The first-order valence-electron chi connectivity index (χ1n) is 8.84. The zero-order valence-electron chi connectivity index (χ0n) is 15.8. The number of anilines is 2. The van der Waals surface area contributed by atoms with E-state index < -0.39 is 0 Å². The maximum atomic E-state index is 12.6. The van der Waals surface area contributed by atoms with Crippen molar-refractivity contribution in [2.24, 2.45) is 0 Å². The fourth-order valence-electron chi connectivity index (χ4n) is 2.68. The molecule has 0 saturated carbocycles. The number of nitrogens with zero attached hydrogens (tertiary/aromatic N) is 3. The zero-order valence-corrected chi connectivity index (χ0v) is 15.8. The lowest BCUT2D eigenvalue weighted by Gasteiger charge is -2.11. The van der Waals surface area contributed by atoms with Crippen LogP contribution in [0.3, 0.4) is 0 Å². The Balaban J connectivity index is 1.66. The third-order valence-electron chi connectivity index (χ3n) is 4.14. The van der Waals surface area contributed by atoms with E-state index in [9.17, 15) is 9.59 Å². The van der Waals surface area contributed by atoms with Crippen LogP contribution in [0.4, 0.5) is 11.4 Å². The summed E-state index contributed by atoms with van der Waals surface area (Å²) in [5.41, 5.74) is 1.68. The van der Waals surface area contributed by atoms with Gasteiger partial charge < -0.3 is 19.9 Å². The van der Waals surface area contributed by atoms with Gasteiger partial charge in [-0.25, -0.2) is 4.98 Å². The number of amides is 2. The number of aryl methyl sites for hydroxylation is 1. The maximum absolute atomic E-state index is 12.6. The van der Waals surface area contributed by atoms with Crippen molar-refractivity contribution in [3.63, 3.8) is 0 Å². The van der Waals surface area contributed by atoms with Crippen molar-refractivity contribution in [2.45, 2.75) is 13.0 Å². The van der Waals surface area contributed by atoms with Gasteiger partial charge in [0.25, 0.3) is 5.91 Å². The number of methoxy groups -OCH3 is 1. The molecule has 0 aliphatic carbocycles. The summed E-state index contributed by atoms with van der Waals surface area (Å²) in [6.45, 7) is 0.515. The number of hydrogen-bond acceptors (Lipinski definition) is 5. The molecule has 2 aromatic carbocycles. The summed E-state index contributed by atoms with van der Waals surface area (Å²) in [5, 5.41) is 14.6. The number of ether oxygens (including phenoxy) is 1. The van der Waals surface area contributed by atoms with Crippen LogP contribution in [0, 0.1) is 11.3 Å². The van der Waals surface area contributed by atoms with Crippen LogP contribution in [0.1, 0.15) is 22.3 Å². The number of nitriles is 1. The van der Waals surface area contributed by atoms with Gasteiger partial charge in [-0.2, -0.15) is 5.26 Å². The molecule has 3 aromatic rings. The molecule has 8 heteroatoms. The van der Waals surface area contributed by atoms with Crippen molar-refractivity contribution in [3.05, 3.63) is 72.3 Å². The van der Waals surface area contributed by atoms with E-state index in [0.29, 0.717) is 34.8 Å². The molecule has 0 atom stereocenters. The van der Waals surface area contributed by atoms with Crippen LogP contribution < -0.4 is 15.4 Å². The number of rotatable bonds is 7. The van der Waals surface area contributed by atoms with Crippen LogP contribution in [0.25, 0.3) is 0 Å². The normalized spacial score (nSPS) is 10.1. The molecule has 0 radical (unpaired) electrons. The Labute approximate surface area is 167 Å². The number of hydrogen-bond donors (Lipinski definition) is 2. The minimum atomic E-state index is -0.382. The Kier molecular flexibility index (Phi) is 6.22. The number of aromatic nitrogens is 2. The van der Waals surface area contributed by atoms with Crippen molar-refractivity contribution < 1.29 is 14.3 Å². The minimum Gasteiger partial charge on any atom is -0.495 e. The second kappa shape index (κ2) is 9.19. The van der Waals surface area contributed by atoms with Gasteiger partial charge in [-0.3, -0.25) is 9.59 Å². The molecule has 1 aromatic heterocycles. The Morgan fingerprint density at radius 1 is 1.21 bits per heavy atom. The number of imidazole rings is 1. The second-order valence-electron chi connectivity index (χ2n) is 6.16. The van der Waals surface area contributed by atoms with Crippen molar-refractivity contribution in [2.75, 3.05) is 17.7 Å². The van der Waals surface area contributed by atoms with Gasteiger partial charge in [-0.15, -0.1) is 0 Å². The smallest absolute Gasteiger partial charge is 0.255 e. The van der Waals surface area contributed by atoms with Crippen LogP contribution in [0.15, 0.2) is 61.2 Å². The van der Waals surface area contributed by atoms with Crippen molar-refractivity contribution in [1.29, 1.82) is 5.26 Å². The van der Waals surface area contributed by atoms with E-state index in [1.54, 1.807) is 61.2 Å². The summed E-state index contributed by atoms with van der Waals surface area (Å²) in [6.07, 6.45) is 5.37. The van der Waals surface area contributed by atoms with Crippen molar-refractivity contribution >= 4 is 23.2 Å². The lowest BCUT2D eigenvalue weighted by atomic mass is 10.1. The zero-order chi connectivity index (χ0) is 20.6. The van der Waals surface area contributed by atoms with E-state index in [2.05, 4.69) is 15.6 Å².